The molecule has 1 amide bonds. The number of rotatable bonds is 5. The van der Waals surface area contributed by atoms with E-state index in [4.69, 9.17) is 14.3 Å². The van der Waals surface area contributed by atoms with Crippen molar-refractivity contribution in [3.05, 3.63) is 71.6 Å². The third-order valence-electron chi connectivity index (χ3n) is 4.44. The first-order valence-electron chi connectivity index (χ1n) is 8.40. The van der Waals surface area contributed by atoms with Crippen LogP contribution in [0.1, 0.15) is 22.7 Å². The summed E-state index contributed by atoms with van der Waals surface area (Å²) >= 11 is 0. The van der Waals surface area contributed by atoms with Gasteiger partial charge in [0.2, 0.25) is 0 Å². The van der Waals surface area contributed by atoms with Gasteiger partial charge in [0.05, 0.1) is 12.1 Å². The van der Waals surface area contributed by atoms with Crippen molar-refractivity contribution in [2.45, 2.75) is 12.3 Å². The maximum Gasteiger partial charge on any atom is 0.415 e. The molecular weight excluding hydrogens is 348 g/mol. The Bertz CT molecular complexity index is 965. The molecule has 2 N–H and O–H groups in total. The summed E-state index contributed by atoms with van der Waals surface area (Å²) in [6, 6.07) is 16.0. The van der Waals surface area contributed by atoms with Crippen LogP contribution in [0.3, 0.4) is 0 Å². The van der Waals surface area contributed by atoms with Crippen LogP contribution in [0.4, 0.5) is 10.8 Å². The summed E-state index contributed by atoms with van der Waals surface area (Å²) in [5, 5.41) is 11.1. The topological polar surface area (TPSA) is 102 Å². The highest BCUT2D eigenvalue weighted by Crippen LogP contribution is 2.44. The average Bonchev–Trinajstić information content (AvgIpc) is 3.21. The number of aliphatic carboxylic acids is 1. The molecule has 0 saturated carbocycles. The van der Waals surface area contributed by atoms with Crippen LogP contribution in [0.2, 0.25) is 0 Å². The SMILES string of the molecule is O=C(O)Cc1coc(NC(=O)OCC2c3ccccc3-c3ccccc32)n1. The van der Waals surface area contributed by atoms with Crippen molar-refractivity contribution in [1.29, 1.82) is 0 Å². The van der Waals surface area contributed by atoms with E-state index < -0.39 is 12.1 Å². The number of hydrogen-bond donors (Lipinski definition) is 2. The van der Waals surface area contributed by atoms with Gasteiger partial charge in [0, 0.05) is 5.92 Å². The molecule has 0 saturated heterocycles. The Labute approximate surface area is 154 Å². The molecule has 0 radical (unpaired) electrons. The van der Waals surface area contributed by atoms with Crippen LogP contribution in [0.5, 0.6) is 0 Å². The number of carbonyl (C=O) groups is 2. The predicted molar refractivity (Wildman–Crippen MR) is 96.5 cm³/mol. The number of anilines is 1. The third kappa shape index (κ3) is 3.39. The van der Waals surface area contributed by atoms with Crippen molar-refractivity contribution >= 4 is 18.1 Å². The van der Waals surface area contributed by atoms with Crippen molar-refractivity contribution < 1.29 is 23.8 Å². The molecule has 0 bridgehead atoms. The molecule has 136 valence electrons. The van der Waals surface area contributed by atoms with Crippen LogP contribution in [-0.2, 0) is 16.0 Å². The van der Waals surface area contributed by atoms with E-state index in [1.165, 1.54) is 6.26 Å². The van der Waals surface area contributed by atoms with Crippen molar-refractivity contribution in [3.8, 4) is 11.1 Å². The number of oxazole rings is 1. The number of amides is 1. The Hall–Kier alpha value is -3.61. The maximum absolute atomic E-state index is 12.1. The highest BCUT2D eigenvalue weighted by molar-refractivity contribution is 5.82. The van der Waals surface area contributed by atoms with Gasteiger partial charge in [0.1, 0.15) is 12.9 Å². The van der Waals surface area contributed by atoms with Gasteiger partial charge in [-0.2, -0.15) is 4.98 Å². The maximum atomic E-state index is 12.1. The van der Waals surface area contributed by atoms with Crippen LogP contribution in [0.25, 0.3) is 11.1 Å². The van der Waals surface area contributed by atoms with E-state index in [1.807, 2.05) is 36.4 Å². The van der Waals surface area contributed by atoms with Gasteiger partial charge in [-0.25, -0.2) is 10.1 Å². The second-order valence-electron chi connectivity index (χ2n) is 6.17. The minimum Gasteiger partial charge on any atom is -0.481 e. The molecule has 1 aliphatic carbocycles. The Morgan fingerprint density at radius 1 is 1.07 bits per heavy atom. The van der Waals surface area contributed by atoms with Crippen molar-refractivity contribution in [3.63, 3.8) is 0 Å². The number of nitrogens with one attached hydrogen (secondary N) is 1. The summed E-state index contributed by atoms with van der Waals surface area (Å²) in [5.74, 6) is -1.08. The number of aromatic nitrogens is 1. The number of fused-ring (bicyclic) bond motifs is 3. The van der Waals surface area contributed by atoms with Gasteiger partial charge in [-0.1, -0.05) is 48.5 Å². The third-order valence-corrected chi connectivity index (χ3v) is 4.44. The molecule has 4 rings (SSSR count). The number of ether oxygens (including phenoxy) is 1. The van der Waals surface area contributed by atoms with Crippen molar-refractivity contribution in [1.82, 2.24) is 4.98 Å². The predicted octanol–water partition coefficient (Wildman–Crippen LogP) is 3.66. The minimum absolute atomic E-state index is 0.0460. The summed E-state index contributed by atoms with van der Waals surface area (Å²) in [5.41, 5.74) is 4.75. The summed E-state index contributed by atoms with van der Waals surface area (Å²) in [7, 11) is 0. The Kier molecular flexibility index (Phi) is 4.33. The zero-order valence-electron chi connectivity index (χ0n) is 14.2. The molecule has 1 aliphatic rings. The molecule has 7 nitrogen and oxygen atoms in total. The van der Waals surface area contributed by atoms with E-state index in [0.717, 1.165) is 22.3 Å². The first kappa shape index (κ1) is 16.8. The van der Waals surface area contributed by atoms with Gasteiger partial charge in [-0.3, -0.25) is 4.79 Å². The highest BCUT2D eigenvalue weighted by atomic mass is 16.6. The zero-order chi connectivity index (χ0) is 18.8. The molecule has 0 unspecified atom stereocenters. The van der Waals surface area contributed by atoms with Crippen LogP contribution in [-0.4, -0.2) is 28.8 Å². The molecule has 0 fully saturated rings. The lowest BCUT2D eigenvalue weighted by atomic mass is 9.98. The van der Waals surface area contributed by atoms with Crippen molar-refractivity contribution in [2.24, 2.45) is 0 Å². The quantitative estimate of drug-likeness (QED) is 0.716. The first-order chi connectivity index (χ1) is 13.1. The fraction of sp³-hybridized carbons (Fsp3) is 0.150. The van der Waals surface area contributed by atoms with Crippen LogP contribution in [0.15, 0.2) is 59.2 Å². The van der Waals surface area contributed by atoms with E-state index in [0.29, 0.717) is 0 Å². The summed E-state index contributed by atoms with van der Waals surface area (Å²) < 4.78 is 10.4. The van der Waals surface area contributed by atoms with Gasteiger partial charge in [0.25, 0.3) is 0 Å². The first-order valence-corrected chi connectivity index (χ1v) is 8.40. The molecule has 27 heavy (non-hydrogen) atoms. The largest absolute Gasteiger partial charge is 0.481 e. The van der Waals surface area contributed by atoms with Crippen LogP contribution in [0, 0.1) is 0 Å². The zero-order valence-corrected chi connectivity index (χ0v) is 14.2. The van der Waals surface area contributed by atoms with E-state index in [9.17, 15) is 9.59 Å². The molecule has 2 aromatic carbocycles. The molecule has 7 heteroatoms. The van der Waals surface area contributed by atoms with Crippen LogP contribution >= 0.6 is 0 Å². The van der Waals surface area contributed by atoms with E-state index >= 15 is 0 Å². The standard InChI is InChI=1S/C20H16N2O5/c23-18(24)9-12-10-26-19(21-12)22-20(25)27-11-17-15-7-3-1-5-13(15)14-6-2-4-8-16(14)17/h1-8,10,17H,9,11H2,(H,23,24)(H,21,22,25). The monoisotopic (exact) mass is 364 g/mol. The number of carboxylic acid groups (broad SMARTS) is 1. The Morgan fingerprint density at radius 2 is 1.70 bits per heavy atom. The van der Waals surface area contributed by atoms with Gasteiger partial charge >= 0.3 is 18.1 Å². The Balaban J connectivity index is 1.43. The average molecular weight is 364 g/mol. The van der Waals surface area contributed by atoms with E-state index in [1.54, 1.807) is 0 Å². The van der Waals surface area contributed by atoms with Gasteiger partial charge in [-0.15, -0.1) is 0 Å². The molecule has 0 atom stereocenters. The number of carboxylic acids is 1. The molecule has 1 aromatic heterocycles. The summed E-state index contributed by atoms with van der Waals surface area (Å²) in [6.07, 6.45) is 0.198. The number of nitrogens with zero attached hydrogens (tertiary/aromatic N) is 1. The fourth-order valence-electron chi connectivity index (χ4n) is 3.32. The van der Waals surface area contributed by atoms with Crippen molar-refractivity contribution in [2.75, 3.05) is 11.9 Å². The van der Waals surface area contributed by atoms with E-state index in [-0.39, 0.29) is 30.7 Å². The highest BCUT2D eigenvalue weighted by Gasteiger charge is 2.29. The smallest absolute Gasteiger partial charge is 0.415 e. The summed E-state index contributed by atoms with van der Waals surface area (Å²) in [4.78, 5) is 26.6. The van der Waals surface area contributed by atoms with Gasteiger partial charge in [0.15, 0.2) is 0 Å². The second-order valence-corrected chi connectivity index (χ2v) is 6.17. The fourth-order valence-corrected chi connectivity index (χ4v) is 3.32. The lowest BCUT2D eigenvalue weighted by molar-refractivity contribution is -0.136. The van der Waals surface area contributed by atoms with Gasteiger partial charge < -0.3 is 14.3 Å². The van der Waals surface area contributed by atoms with Crippen LogP contribution < -0.4 is 5.32 Å². The van der Waals surface area contributed by atoms with E-state index in [2.05, 4.69) is 22.4 Å². The Morgan fingerprint density at radius 3 is 2.33 bits per heavy atom. The molecule has 0 spiro atoms. The molecule has 0 aliphatic heterocycles. The number of carbonyl (C=O) groups excluding carboxylic acids is 1. The minimum atomic E-state index is -1.03. The molecule has 3 aromatic rings. The normalized spacial score (nSPS) is 12.3. The second kappa shape index (κ2) is 6.95. The number of benzene rings is 2. The van der Waals surface area contributed by atoms with Gasteiger partial charge in [-0.05, 0) is 22.3 Å². The lowest BCUT2D eigenvalue weighted by Gasteiger charge is -2.13. The molecule has 1 heterocycles. The number of hydrogen-bond acceptors (Lipinski definition) is 5. The lowest BCUT2D eigenvalue weighted by Crippen LogP contribution is -2.18. The molecular formula is C20H16N2O5. The summed E-state index contributed by atoms with van der Waals surface area (Å²) in [6.45, 7) is 0.169.